The van der Waals surface area contributed by atoms with Crippen LogP contribution in [0, 0.1) is 11.6 Å². The molecule has 0 bridgehead atoms. The topological polar surface area (TPSA) is 39.2 Å². The van der Waals surface area contributed by atoms with Crippen molar-refractivity contribution in [2.45, 2.75) is 0 Å². The highest BCUT2D eigenvalue weighted by molar-refractivity contribution is 5.96. The monoisotopic (exact) mass is 285 g/mol. The van der Waals surface area contributed by atoms with Gasteiger partial charge in [-0.2, -0.15) is 0 Å². The summed E-state index contributed by atoms with van der Waals surface area (Å²) in [5.74, 6) is -2.04. The Balaban J connectivity index is 0.00000180. The molecule has 2 aromatic rings. The second kappa shape index (κ2) is 6.24. The van der Waals surface area contributed by atoms with Gasteiger partial charge in [-0.05, 0) is 18.2 Å². The quantitative estimate of drug-likeness (QED) is 0.795. The number of hydrogen-bond donors (Lipinski definition) is 0. The molecule has 3 nitrogen and oxygen atoms in total. The molecule has 0 saturated heterocycles. The van der Waals surface area contributed by atoms with E-state index in [1.54, 1.807) is 0 Å². The molecule has 0 atom stereocenters. The van der Waals surface area contributed by atoms with E-state index in [0.717, 1.165) is 12.1 Å². The molecule has 0 aliphatic carbocycles. The van der Waals surface area contributed by atoms with Crippen LogP contribution in [0.1, 0.15) is 10.4 Å². The first kappa shape index (κ1) is 15.0. The number of carbonyl (C=O) groups is 1. The standard InChI is InChI=1S/C13H9F2NO2.ClH/c1-18-13(17)10-4-5-16-7-11(10)9-3-2-8(14)6-12(9)15;/h2-7H,1H3;1H. The fourth-order valence-electron chi connectivity index (χ4n) is 1.60. The van der Waals surface area contributed by atoms with Crippen LogP contribution in [0.3, 0.4) is 0 Å². The normalized spacial score (nSPS) is 9.63. The molecule has 0 fully saturated rings. The Hall–Kier alpha value is -2.01. The molecule has 1 aromatic heterocycles. The van der Waals surface area contributed by atoms with Gasteiger partial charge in [0.05, 0.1) is 12.7 Å². The van der Waals surface area contributed by atoms with Crippen LogP contribution in [0.25, 0.3) is 11.1 Å². The predicted molar refractivity (Wildman–Crippen MR) is 68.2 cm³/mol. The van der Waals surface area contributed by atoms with E-state index in [4.69, 9.17) is 0 Å². The van der Waals surface area contributed by atoms with Crippen molar-refractivity contribution < 1.29 is 18.3 Å². The van der Waals surface area contributed by atoms with Gasteiger partial charge in [0.2, 0.25) is 0 Å². The number of pyridine rings is 1. The molecule has 0 radical (unpaired) electrons. The van der Waals surface area contributed by atoms with E-state index in [1.165, 1.54) is 31.6 Å². The van der Waals surface area contributed by atoms with E-state index >= 15 is 0 Å². The van der Waals surface area contributed by atoms with Crippen LogP contribution < -0.4 is 0 Å². The highest BCUT2D eigenvalue weighted by atomic mass is 35.5. The summed E-state index contributed by atoms with van der Waals surface area (Å²) in [4.78, 5) is 15.4. The molecule has 0 aliphatic rings. The second-order valence-corrected chi connectivity index (χ2v) is 3.54. The number of hydrogen-bond acceptors (Lipinski definition) is 3. The van der Waals surface area contributed by atoms with Crippen molar-refractivity contribution in [2.75, 3.05) is 7.11 Å². The van der Waals surface area contributed by atoms with Gasteiger partial charge in [0.25, 0.3) is 0 Å². The lowest BCUT2D eigenvalue weighted by Gasteiger charge is -2.08. The number of aromatic nitrogens is 1. The molecule has 0 unspecified atom stereocenters. The molecular weight excluding hydrogens is 276 g/mol. The fraction of sp³-hybridized carbons (Fsp3) is 0.0769. The first-order chi connectivity index (χ1) is 8.63. The zero-order valence-corrected chi connectivity index (χ0v) is 10.7. The van der Waals surface area contributed by atoms with Crippen molar-refractivity contribution in [2.24, 2.45) is 0 Å². The zero-order valence-electron chi connectivity index (χ0n) is 9.89. The molecule has 0 aliphatic heterocycles. The van der Waals surface area contributed by atoms with Gasteiger partial charge in [0, 0.05) is 29.6 Å². The maximum Gasteiger partial charge on any atom is 0.338 e. The zero-order chi connectivity index (χ0) is 13.1. The third-order valence-electron chi connectivity index (χ3n) is 2.45. The van der Waals surface area contributed by atoms with Crippen LogP contribution >= 0.6 is 12.4 Å². The summed E-state index contributed by atoms with van der Waals surface area (Å²) >= 11 is 0. The highest BCUT2D eigenvalue weighted by Gasteiger charge is 2.16. The summed E-state index contributed by atoms with van der Waals surface area (Å²) in [5, 5.41) is 0. The number of esters is 1. The van der Waals surface area contributed by atoms with E-state index < -0.39 is 17.6 Å². The Morgan fingerprint density at radius 2 is 1.95 bits per heavy atom. The number of benzene rings is 1. The molecule has 100 valence electrons. The third-order valence-corrected chi connectivity index (χ3v) is 2.45. The Morgan fingerprint density at radius 1 is 1.21 bits per heavy atom. The lowest BCUT2D eigenvalue weighted by atomic mass is 10.0. The van der Waals surface area contributed by atoms with Gasteiger partial charge in [-0.3, -0.25) is 4.98 Å². The van der Waals surface area contributed by atoms with Crippen molar-refractivity contribution in [3.63, 3.8) is 0 Å². The van der Waals surface area contributed by atoms with Crippen molar-refractivity contribution in [3.05, 3.63) is 53.9 Å². The lowest BCUT2D eigenvalue weighted by Crippen LogP contribution is -2.04. The highest BCUT2D eigenvalue weighted by Crippen LogP contribution is 2.26. The van der Waals surface area contributed by atoms with Crippen molar-refractivity contribution in [1.82, 2.24) is 4.98 Å². The van der Waals surface area contributed by atoms with Gasteiger partial charge in [-0.1, -0.05) is 0 Å². The van der Waals surface area contributed by atoms with Gasteiger partial charge in [0.15, 0.2) is 0 Å². The molecule has 2 rings (SSSR count). The van der Waals surface area contributed by atoms with E-state index in [1.807, 2.05) is 0 Å². The van der Waals surface area contributed by atoms with Crippen LogP contribution in [-0.4, -0.2) is 18.1 Å². The first-order valence-electron chi connectivity index (χ1n) is 5.11. The minimum atomic E-state index is -0.756. The van der Waals surface area contributed by atoms with Gasteiger partial charge in [0.1, 0.15) is 11.6 Å². The average molecular weight is 286 g/mol. The van der Waals surface area contributed by atoms with Gasteiger partial charge >= 0.3 is 5.97 Å². The maximum absolute atomic E-state index is 13.7. The molecule has 1 heterocycles. The summed E-state index contributed by atoms with van der Waals surface area (Å²) in [7, 11) is 1.23. The fourth-order valence-corrected chi connectivity index (χ4v) is 1.60. The van der Waals surface area contributed by atoms with Gasteiger partial charge < -0.3 is 4.74 Å². The molecule has 0 spiro atoms. The third kappa shape index (κ3) is 3.06. The molecule has 1 aromatic carbocycles. The Kier molecular flexibility index (Phi) is 4.94. The summed E-state index contributed by atoms with van der Waals surface area (Å²) < 4.78 is 31.1. The summed E-state index contributed by atoms with van der Waals surface area (Å²) in [6.07, 6.45) is 2.74. The van der Waals surface area contributed by atoms with Gasteiger partial charge in [-0.25, -0.2) is 13.6 Å². The molecular formula is C13H10ClF2NO2. The van der Waals surface area contributed by atoms with Crippen LogP contribution in [0.4, 0.5) is 8.78 Å². The van der Waals surface area contributed by atoms with Crippen LogP contribution in [-0.2, 0) is 4.74 Å². The number of rotatable bonds is 2. The smallest absolute Gasteiger partial charge is 0.338 e. The van der Waals surface area contributed by atoms with Crippen LogP contribution in [0.15, 0.2) is 36.7 Å². The van der Waals surface area contributed by atoms with Gasteiger partial charge in [-0.15, -0.1) is 12.4 Å². The maximum atomic E-state index is 13.7. The number of ether oxygens (including phenoxy) is 1. The SMILES string of the molecule is COC(=O)c1ccncc1-c1ccc(F)cc1F.Cl. The molecule has 6 heteroatoms. The summed E-state index contributed by atoms with van der Waals surface area (Å²) in [5.41, 5.74) is 0.546. The van der Waals surface area contributed by atoms with Crippen molar-refractivity contribution in [3.8, 4) is 11.1 Å². The predicted octanol–water partition coefficient (Wildman–Crippen LogP) is 3.24. The van der Waals surface area contributed by atoms with E-state index in [0.29, 0.717) is 0 Å². The lowest BCUT2D eigenvalue weighted by molar-refractivity contribution is 0.0601. The Labute approximate surface area is 114 Å². The number of carbonyl (C=O) groups excluding carboxylic acids is 1. The van der Waals surface area contributed by atoms with E-state index in [-0.39, 0.29) is 29.1 Å². The van der Waals surface area contributed by atoms with Crippen LogP contribution in [0.2, 0.25) is 0 Å². The molecule has 0 N–H and O–H groups in total. The Bertz CT molecular complexity index is 605. The van der Waals surface area contributed by atoms with E-state index in [9.17, 15) is 13.6 Å². The molecule has 0 saturated carbocycles. The number of halogens is 3. The van der Waals surface area contributed by atoms with Crippen LogP contribution in [0.5, 0.6) is 0 Å². The van der Waals surface area contributed by atoms with E-state index in [2.05, 4.69) is 9.72 Å². The molecule has 0 amide bonds. The molecule has 19 heavy (non-hydrogen) atoms. The minimum Gasteiger partial charge on any atom is -0.465 e. The van der Waals surface area contributed by atoms with Crippen molar-refractivity contribution >= 4 is 18.4 Å². The average Bonchev–Trinajstić information content (AvgIpc) is 2.38. The minimum absolute atomic E-state index is 0. The van der Waals surface area contributed by atoms with Crippen molar-refractivity contribution in [1.29, 1.82) is 0 Å². The Morgan fingerprint density at radius 3 is 2.58 bits per heavy atom. The summed E-state index contributed by atoms with van der Waals surface area (Å²) in [6.45, 7) is 0. The first-order valence-corrected chi connectivity index (χ1v) is 5.11. The number of nitrogens with zero attached hydrogens (tertiary/aromatic N) is 1. The largest absolute Gasteiger partial charge is 0.465 e. The second-order valence-electron chi connectivity index (χ2n) is 3.54. The summed E-state index contributed by atoms with van der Waals surface area (Å²) in [6, 6.07) is 4.55. The number of methoxy groups -OCH3 is 1.